The minimum absolute atomic E-state index is 1.02. The molecule has 0 aliphatic rings. The first-order valence-corrected chi connectivity index (χ1v) is 11.7. The molecule has 0 N–H and O–H groups in total. The van der Waals surface area contributed by atoms with Gasteiger partial charge in [-0.05, 0) is 58.2 Å². The number of hydrazone groups is 1. The maximum atomic E-state index is 4.81. The molecule has 0 atom stereocenters. The summed E-state index contributed by atoms with van der Waals surface area (Å²) >= 11 is 0. The fourth-order valence-corrected chi connectivity index (χ4v) is 3.96. The molecule has 0 saturated carbocycles. The molecule has 0 aliphatic heterocycles. The van der Waals surface area contributed by atoms with Crippen LogP contribution in [0.15, 0.2) is 151 Å². The summed E-state index contributed by atoms with van der Waals surface area (Å²) in [6.07, 6.45) is 4.15. The van der Waals surface area contributed by atoms with Gasteiger partial charge in [-0.1, -0.05) is 121 Å². The average molecular weight is 451 g/mol. The molecule has 35 heavy (non-hydrogen) atoms. The van der Waals surface area contributed by atoms with E-state index in [-0.39, 0.29) is 0 Å². The monoisotopic (exact) mass is 450 g/mol. The zero-order valence-corrected chi connectivity index (χ0v) is 19.4. The van der Waals surface area contributed by atoms with Crippen molar-refractivity contribution in [2.75, 3.05) is 5.01 Å². The number of nitrogens with zero attached hydrogens (tertiary/aromatic N) is 2. The highest BCUT2D eigenvalue weighted by Gasteiger charge is 2.07. The molecule has 0 fully saturated rings. The highest BCUT2D eigenvalue weighted by molar-refractivity contribution is 5.92. The van der Waals surface area contributed by atoms with Crippen molar-refractivity contribution in [2.24, 2.45) is 5.10 Å². The van der Waals surface area contributed by atoms with Crippen LogP contribution < -0.4 is 5.01 Å². The van der Waals surface area contributed by atoms with Gasteiger partial charge in [-0.2, -0.15) is 5.10 Å². The molecular formula is C33H26N2. The van der Waals surface area contributed by atoms with Crippen molar-refractivity contribution in [3.63, 3.8) is 0 Å². The van der Waals surface area contributed by atoms with Crippen LogP contribution in [0.5, 0.6) is 0 Å². The second kappa shape index (κ2) is 11.0. The van der Waals surface area contributed by atoms with Crippen molar-refractivity contribution in [3.8, 4) is 0 Å². The van der Waals surface area contributed by atoms with Crippen LogP contribution in [0.4, 0.5) is 11.4 Å². The summed E-state index contributed by atoms with van der Waals surface area (Å²) in [5, 5.41) is 6.77. The zero-order chi connectivity index (χ0) is 23.7. The lowest BCUT2D eigenvalue weighted by Crippen LogP contribution is -2.09. The molecule has 2 nitrogen and oxygen atoms in total. The summed E-state index contributed by atoms with van der Waals surface area (Å²) in [5.74, 6) is 0. The van der Waals surface area contributed by atoms with Crippen molar-refractivity contribution >= 4 is 29.2 Å². The SMILES string of the molecule is C(=C(c1ccccc1)c1ccccc1)c1ccc(/C=N/N(c2ccccc2)c2ccccc2)cc1. The van der Waals surface area contributed by atoms with Gasteiger partial charge >= 0.3 is 0 Å². The minimum atomic E-state index is 1.02. The lowest BCUT2D eigenvalue weighted by Gasteiger charge is -2.19. The fourth-order valence-electron chi connectivity index (χ4n) is 3.96. The molecule has 5 aromatic rings. The third-order valence-electron chi connectivity index (χ3n) is 5.74. The Morgan fingerprint density at radius 3 is 1.31 bits per heavy atom. The van der Waals surface area contributed by atoms with Crippen LogP contribution in [0.3, 0.4) is 0 Å². The number of para-hydroxylation sites is 2. The maximum Gasteiger partial charge on any atom is 0.0652 e. The molecule has 0 unspecified atom stereocenters. The first-order chi connectivity index (χ1) is 17.4. The first-order valence-electron chi connectivity index (χ1n) is 11.7. The van der Waals surface area contributed by atoms with Gasteiger partial charge in [0.15, 0.2) is 0 Å². The van der Waals surface area contributed by atoms with Gasteiger partial charge in [-0.25, -0.2) is 5.01 Å². The summed E-state index contributed by atoms with van der Waals surface area (Å²) < 4.78 is 0. The summed E-state index contributed by atoms with van der Waals surface area (Å²) in [7, 11) is 0. The third kappa shape index (κ3) is 5.63. The van der Waals surface area contributed by atoms with Gasteiger partial charge in [0.1, 0.15) is 0 Å². The normalized spacial score (nSPS) is 10.7. The van der Waals surface area contributed by atoms with Gasteiger partial charge in [0.2, 0.25) is 0 Å². The maximum absolute atomic E-state index is 4.81. The van der Waals surface area contributed by atoms with Gasteiger partial charge in [0.05, 0.1) is 17.6 Å². The third-order valence-corrected chi connectivity index (χ3v) is 5.74. The Hall–Kier alpha value is -4.69. The molecule has 168 valence electrons. The van der Waals surface area contributed by atoms with Gasteiger partial charge in [0, 0.05) is 0 Å². The van der Waals surface area contributed by atoms with Crippen molar-refractivity contribution in [2.45, 2.75) is 0 Å². The van der Waals surface area contributed by atoms with E-state index in [1.54, 1.807) is 0 Å². The Labute approximate surface area is 207 Å². The Bertz CT molecular complexity index is 1310. The smallest absolute Gasteiger partial charge is 0.0652 e. The Balaban J connectivity index is 1.43. The van der Waals surface area contributed by atoms with Gasteiger partial charge in [-0.3, -0.25) is 0 Å². The number of benzene rings is 5. The summed E-state index contributed by atoms with van der Waals surface area (Å²) in [6.45, 7) is 0. The standard InChI is InChI=1S/C33H26N2/c1-5-13-29(14-6-1)33(30-15-7-2-8-16-30)25-27-21-23-28(24-22-27)26-34-35(31-17-9-3-10-18-31)32-19-11-4-12-20-32/h1-26H/b34-26+. The Morgan fingerprint density at radius 1 is 0.457 bits per heavy atom. The number of hydrogen-bond acceptors (Lipinski definition) is 2. The van der Waals surface area contributed by atoms with Gasteiger partial charge in [0.25, 0.3) is 0 Å². The molecule has 0 radical (unpaired) electrons. The van der Waals surface area contributed by atoms with Crippen LogP contribution in [0.25, 0.3) is 11.6 Å². The van der Waals surface area contributed by atoms with Crippen LogP contribution in [-0.2, 0) is 0 Å². The molecule has 0 heterocycles. The lowest BCUT2D eigenvalue weighted by atomic mass is 9.95. The molecule has 0 amide bonds. The summed E-state index contributed by atoms with van der Waals surface area (Å²) in [4.78, 5) is 0. The molecule has 5 aromatic carbocycles. The summed E-state index contributed by atoms with van der Waals surface area (Å²) in [6, 6.07) is 49.9. The minimum Gasteiger partial charge on any atom is -0.234 e. The predicted molar refractivity (Wildman–Crippen MR) is 149 cm³/mol. The van der Waals surface area contributed by atoms with E-state index in [1.165, 1.54) is 16.7 Å². The average Bonchev–Trinajstić information content (AvgIpc) is 2.95. The molecular weight excluding hydrogens is 424 g/mol. The molecule has 0 aliphatic carbocycles. The molecule has 0 spiro atoms. The van der Waals surface area contributed by atoms with E-state index in [0.717, 1.165) is 22.5 Å². The summed E-state index contributed by atoms with van der Waals surface area (Å²) in [5.41, 5.74) is 7.82. The lowest BCUT2D eigenvalue weighted by molar-refractivity contribution is 1.09. The predicted octanol–water partition coefficient (Wildman–Crippen LogP) is 8.45. The Kier molecular flexibility index (Phi) is 6.92. The Morgan fingerprint density at radius 2 is 0.857 bits per heavy atom. The van der Waals surface area contributed by atoms with E-state index in [1.807, 2.05) is 47.6 Å². The quantitative estimate of drug-likeness (QED) is 0.138. The number of anilines is 2. The van der Waals surface area contributed by atoms with Gasteiger partial charge < -0.3 is 0 Å². The molecule has 0 saturated heterocycles. The van der Waals surface area contributed by atoms with E-state index >= 15 is 0 Å². The van der Waals surface area contributed by atoms with Crippen molar-refractivity contribution in [1.29, 1.82) is 0 Å². The fraction of sp³-hybridized carbons (Fsp3) is 0. The molecule has 0 bridgehead atoms. The van der Waals surface area contributed by atoms with Crippen LogP contribution >= 0.6 is 0 Å². The molecule has 0 aromatic heterocycles. The second-order valence-electron chi connectivity index (χ2n) is 8.18. The first kappa shape index (κ1) is 22.1. The highest BCUT2D eigenvalue weighted by atomic mass is 15.5. The molecule has 2 heteroatoms. The zero-order valence-electron chi connectivity index (χ0n) is 19.4. The van der Waals surface area contributed by atoms with Gasteiger partial charge in [-0.15, -0.1) is 0 Å². The van der Waals surface area contributed by atoms with E-state index in [2.05, 4.69) is 115 Å². The van der Waals surface area contributed by atoms with Crippen LogP contribution in [-0.4, -0.2) is 6.21 Å². The van der Waals surface area contributed by atoms with Crippen LogP contribution in [0.2, 0.25) is 0 Å². The van der Waals surface area contributed by atoms with E-state index in [0.29, 0.717) is 0 Å². The number of hydrogen-bond donors (Lipinski definition) is 0. The van der Waals surface area contributed by atoms with E-state index in [4.69, 9.17) is 5.10 Å². The van der Waals surface area contributed by atoms with E-state index < -0.39 is 0 Å². The second-order valence-corrected chi connectivity index (χ2v) is 8.18. The number of rotatable bonds is 7. The van der Waals surface area contributed by atoms with Crippen molar-refractivity contribution in [3.05, 3.63) is 168 Å². The van der Waals surface area contributed by atoms with Crippen LogP contribution in [0.1, 0.15) is 22.3 Å². The molecule has 5 rings (SSSR count). The highest BCUT2D eigenvalue weighted by Crippen LogP contribution is 2.27. The largest absolute Gasteiger partial charge is 0.234 e. The van der Waals surface area contributed by atoms with Crippen molar-refractivity contribution in [1.82, 2.24) is 0 Å². The van der Waals surface area contributed by atoms with Crippen molar-refractivity contribution < 1.29 is 0 Å². The topological polar surface area (TPSA) is 15.6 Å². The van der Waals surface area contributed by atoms with Crippen LogP contribution in [0, 0.1) is 0 Å². The van der Waals surface area contributed by atoms with E-state index in [9.17, 15) is 0 Å².